The predicted molar refractivity (Wildman–Crippen MR) is 78.3 cm³/mol. The minimum atomic E-state index is -0.150. The summed E-state index contributed by atoms with van der Waals surface area (Å²) in [5.41, 5.74) is 2.71. The van der Waals surface area contributed by atoms with Gasteiger partial charge in [0.15, 0.2) is 0 Å². The van der Waals surface area contributed by atoms with Gasteiger partial charge in [0, 0.05) is 6.54 Å². The molecule has 0 aliphatic rings. The molecule has 19 heavy (non-hydrogen) atoms. The van der Waals surface area contributed by atoms with Crippen LogP contribution in [0.25, 0.3) is 0 Å². The molecule has 0 radical (unpaired) electrons. The van der Waals surface area contributed by atoms with Crippen LogP contribution in [-0.4, -0.2) is 37.6 Å². The van der Waals surface area contributed by atoms with Crippen molar-refractivity contribution in [2.75, 3.05) is 26.7 Å². The van der Waals surface area contributed by atoms with Crippen molar-refractivity contribution in [2.45, 2.75) is 33.1 Å². The van der Waals surface area contributed by atoms with Crippen LogP contribution in [0.15, 0.2) is 24.3 Å². The zero-order chi connectivity index (χ0) is 14.1. The molecular formula is C16H25NO2. The summed E-state index contributed by atoms with van der Waals surface area (Å²) in [5.74, 6) is -0.150. The van der Waals surface area contributed by atoms with E-state index in [1.165, 1.54) is 17.5 Å². The number of carbonyl (C=O) groups is 1. The van der Waals surface area contributed by atoms with Crippen LogP contribution in [0, 0.1) is 0 Å². The first-order chi connectivity index (χ1) is 9.15. The molecule has 0 fully saturated rings. The van der Waals surface area contributed by atoms with Gasteiger partial charge in [-0.15, -0.1) is 0 Å². The second-order valence-electron chi connectivity index (χ2n) is 4.86. The van der Waals surface area contributed by atoms with Gasteiger partial charge in [-0.3, -0.25) is 9.69 Å². The van der Waals surface area contributed by atoms with Crippen LogP contribution in [0.4, 0.5) is 0 Å². The average molecular weight is 263 g/mol. The Hall–Kier alpha value is -1.35. The topological polar surface area (TPSA) is 29.5 Å². The van der Waals surface area contributed by atoms with Crippen LogP contribution in [0.1, 0.15) is 31.4 Å². The van der Waals surface area contributed by atoms with E-state index in [9.17, 15) is 4.79 Å². The molecule has 0 aromatic heterocycles. The monoisotopic (exact) mass is 263 g/mol. The number of nitrogens with zero attached hydrogens (tertiary/aromatic N) is 1. The van der Waals surface area contributed by atoms with E-state index < -0.39 is 0 Å². The third-order valence-corrected chi connectivity index (χ3v) is 3.05. The lowest BCUT2D eigenvalue weighted by molar-refractivity contribution is -0.144. The van der Waals surface area contributed by atoms with Crippen molar-refractivity contribution in [3.63, 3.8) is 0 Å². The minimum absolute atomic E-state index is 0.150. The number of carbonyl (C=O) groups excluding carboxylic acids is 1. The maximum Gasteiger partial charge on any atom is 0.320 e. The largest absolute Gasteiger partial charge is 0.465 e. The van der Waals surface area contributed by atoms with Crippen LogP contribution in [0.3, 0.4) is 0 Å². The molecule has 0 heterocycles. The number of benzene rings is 1. The molecule has 106 valence electrons. The van der Waals surface area contributed by atoms with Crippen molar-refractivity contribution < 1.29 is 9.53 Å². The minimum Gasteiger partial charge on any atom is -0.465 e. The Kier molecular flexibility index (Phi) is 7.19. The molecule has 1 aromatic carbocycles. The summed E-state index contributed by atoms with van der Waals surface area (Å²) in [6.45, 7) is 5.70. The normalized spacial score (nSPS) is 10.7. The Bertz CT molecular complexity index is 373. The summed E-state index contributed by atoms with van der Waals surface area (Å²) >= 11 is 0. The maximum absolute atomic E-state index is 11.3. The van der Waals surface area contributed by atoms with Gasteiger partial charge in [0.2, 0.25) is 0 Å². The maximum atomic E-state index is 11.3. The van der Waals surface area contributed by atoms with Gasteiger partial charge in [-0.25, -0.2) is 0 Å². The van der Waals surface area contributed by atoms with Gasteiger partial charge in [-0.05, 0) is 37.9 Å². The molecule has 0 aliphatic heterocycles. The highest BCUT2D eigenvalue weighted by Crippen LogP contribution is 2.07. The van der Waals surface area contributed by atoms with Gasteiger partial charge in [-0.1, -0.05) is 37.6 Å². The van der Waals surface area contributed by atoms with Gasteiger partial charge in [0.05, 0.1) is 13.2 Å². The first-order valence-electron chi connectivity index (χ1n) is 7.07. The van der Waals surface area contributed by atoms with Crippen molar-refractivity contribution in [1.29, 1.82) is 0 Å². The molecule has 0 unspecified atom stereocenters. The summed E-state index contributed by atoms with van der Waals surface area (Å²) < 4.78 is 4.93. The van der Waals surface area contributed by atoms with Crippen molar-refractivity contribution in [3.05, 3.63) is 35.4 Å². The summed E-state index contributed by atoms with van der Waals surface area (Å²) in [5, 5.41) is 0. The highest BCUT2D eigenvalue weighted by atomic mass is 16.5. The lowest BCUT2D eigenvalue weighted by atomic mass is 10.1. The molecule has 0 spiro atoms. The molecular weight excluding hydrogens is 238 g/mol. The lowest BCUT2D eigenvalue weighted by Gasteiger charge is -2.15. The van der Waals surface area contributed by atoms with E-state index in [1.54, 1.807) is 0 Å². The quantitative estimate of drug-likeness (QED) is 0.675. The van der Waals surface area contributed by atoms with Crippen LogP contribution in [0.2, 0.25) is 0 Å². The van der Waals surface area contributed by atoms with E-state index in [4.69, 9.17) is 4.74 Å². The van der Waals surface area contributed by atoms with Crippen LogP contribution >= 0.6 is 0 Å². The number of aryl methyl sites for hydroxylation is 1. The number of hydrogen-bond donors (Lipinski definition) is 0. The molecule has 1 rings (SSSR count). The second-order valence-corrected chi connectivity index (χ2v) is 4.86. The first-order valence-corrected chi connectivity index (χ1v) is 7.07. The smallest absolute Gasteiger partial charge is 0.320 e. The molecule has 0 amide bonds. The third-order valence-electron chi connectivity index (χ3n) is 3.05. The number of ether oxygens (including phenoxy) is 1. The van der Waals surface area contributed by atoms with Gasteiger partial charge < -0.3 is 4.74 Å². The van der Waals surface area contributed by atoms with Crippen molar-refractivity contribution >= 4 is 5.97 Å². The SMILES string of the molecule is CCCc1ccc(CCN(C)CC(=O)OCC)cc1. The Morgan fingerprint density at radius 2 is 1.68 bits per heavy atom. The molecule has 0 aliphatic carbocycles. The molecule has 0 saturated carbocycles. The van der Waals surface area contributed by atoms with E-state index in [-0.39, 0.29) is 5.97 Å². The fourth-order valence-corrected chi connectivity index (χ4v) is 1.99. The molecule has 0 bridgehead atoms. The van der Waals surface area contributed by atoms with Gasteiger partial charge in [0.1, 0.15) is 0 Å². The van der Waals surface area contributed by atoms with Crippen molar-refractivity contribution in [3.8, 4) is 0 Å². The van der Waals surface area contributed by atoms with E-state index >= 15 is 0 Å². The Labute approximate surface area is 116 Å². The summed E-state index contributed by atoms with van der Waals surface area (Å²) in [6, 6.07) is 8.76. The highest BCUT2D eigenvalue weighted by molar-refractivity contribution is 5.71. The number of hydrogen-bond acceptors (Lipinski definition) is 3. The molecule has 0 N–H and O–H groups in total. The van der Waals surface area contributed by atoms with E-state index in [2.05, 4.69) is 31.2 Å². The Balaban J connectivity index is 2.33. The van der Waals surface area contributed by atoms with Crippen LogP contribution < -0.4 is 0 Å². The number of likely N-dealkylation sites (N-methyl/N-ethyl adjacent to an activating group) is 1. The first kappa shape index (κ1) is 15.7. The lowest BCUT2D eigenvalue weighted by Crippen LogP contribution is -2.29. The fourth-order valence-electron chi connectivity index (χ4n) is 1.99. The molecule has 3 nitrogen and oxygen atoms in total. The van der Waals surface area contributed by atoms with Crippen LogP contribution in [-0.2, 0) is 22.4 Å². The van der Waals surface area contributed by atoms with Crippen molar-refractivity contribution in [2.24, 2.45) is 0 Å². The summed E-state index contributed by atoms with van der Waals surface area (Å²) in [6.07, 6.45) is 3.28. The Morgan fingerprint density at radius 1 is 1.11 bits per heavy atom. The predicted octanol–water partition coefficient (Wildman–Crippen LogP) is 2.68. The number of esters is 1. The fraction of sp³-hybridized carbons (Fsp3) is 0.562. The molecule has 0 saturated heterocycles. The van der Waals surface area contributed by atoms with E-state index in [1.807, 2.05) is 18.9 Å². The van der Waals surface area contributed by atoms with Gasteiger partial charge >= 0.3 is 5.97 Å². The summed E-state index contributed by atoms with van der Waals surface area (Å²) in [4.78, 5) is 13.3. The van der Waals surface area contributed by atoms with Crippen molar-refractivity contribution in [1.82, 2.24) is 4.90 Å². The standard InChI is InChI=1S/C16H25NO2/c1-4-6-14-7-9-15(10-8-14)11-12-17(3)13-16(18)19-5-2/h7-10H,4-6,11-13H2,1-3H3. The highest BCUT2D eigenvalue weighted by Gasteiger charge is 2.06. The molecule has 1 aromatic rings. The second kappa shape index (κ2) is 8.70. The third kappa shape index (κ3) is 6.39. The molecule has 0 atom stereocenters. The zero-order valence-corrected chi connectivity index (χ0v) is 12.3. The zero-order valence-electron chi connectivity index (χ0n) is 12.3. The summed E-state index contributed by atoms with van der Waals surface area (Å²) in [7, 11) is 1.95. The van der Waals surface area contributed by atoms with E-state index in [0.717, 1.165) is 19.4 Å². The number of rotatable bonds is 8. The van der Waals surface area contributed by atoms with Gasteiger partial charge in [-0.2, -0.15) is 0 Å². The van der Waals surface area contributed by atoms with Gasteiger partial charge in [0.25, 0.3) is 0 Å². The Morgan fingerprint density at radius 3 is 2.21 bits per heavy atom. The average Bonchev–Trinajstić information content (AvgIpc) is 2.38. The van der Waals surface area contributed by atoms with Crippen LogP contribution in [0.5, 0.6) is 0 Å². The van der Waals surface area contributed by atoms with E-state index in [0.29, 0.717) is 13.2 Å². The molecule has 3 heteroatoms.